The van der Waals surface area contributed by atoms with Crippen molar-refractivity contribution in [3.05, 3.63) is 58.0 Å². The Hall–Kier alpha value is -2.22. The van der Waals surface area contributed by atoms with Gasteiger partial charge in [0.2, 0.25) is 0 Å². The molecule has 1 fully saturated rings. The van der Waals surface area contributed by atoms with Gasteiger partial charge in [-0.15, -0.1) is 0 Å². The zero-order valence-corrected chi connectivity index (χ0v) is 20.3. The number of carbonyl (C=O) groups is 1. The van der Waals surface area contributed by atoms with Crippen molar-refractivity contribution in [3.63, 3.8) is 0 Å². The first-order chi connectivity index (χ1) is 15.5. The van der Waals surface area contributed by atoms with E-state index in [1.165, 1.54) is 31.0 Å². The average Bonchev–Trinajstić information content (AvgIpc) is 3.10. The highest BCUT2D eigenvalue weighted by molar-refractivity contribution is 8.26. The second kappa shape index (κ2) is 12.7. The SMILES string of the molecule is CCCCCCOc1ccc(OCCOc2ccc(Cl)cc2/C=C2\SC(=S)NC2=O)cc1. The van der Waals surface area contributed by atoms with Crippen LogP contribution in [0.25, 0.3) is 6.08 Å². The van der Waals surface area contributed by atoms with E-state index in [1.807, 2.05) is 24.3 Å². The Bertz CT molecular complexity index is 963. The van der Waals surface area contributed by atoms with E-state index < -0.39 is 0 Å². The van der Waals surface area contributed by atoms with Gasteiger partial charge in [0.05, 0.1) is 11.5 Å². The molecule has 0 atom stereocenters. The van der Waals surface area contributed by atoms with Gasteiger partial charge in [-0.05, 0) is 55.0 Å². The van der Waals surface area contributed by atoms with Crippen molar-refractivity contribution in [2.75, 3.05) is 19.8 Å². The quantitative estimate of drug-likeness (QED) is 0.215. The van der Waals surface area contributed by atoms with Gasteiger partial charge < -0.3 is 19.5 Å². The average molecular weight is 492 g/mol. The van der Waals surface area contributed by atoms with E-state index in [-0.39, 0.29) is 5.91 Å². The lowest BCUT2D eigenvalue weighted by Gasteiger charge is -2.12. The molecule has 5 nitrogen and oxygen atoms in total. The highest BCUT2D eigenvalue weighted by atomic mass is 35.5. The summed E-state index contributed by atoms with van der Waals surface area (Å²) in [5.41, 5.74) is 0.709. The summed E-state index contributed by atoms with van der Waals surface area (Å²) in [6, 6.07) is 12.9. The Kier molecular flexibility index (Phi) is 9.71. The number of hydrogen-bond donors (Lipinski definition) is 1. The first-order valence-corrected chi connectivity index (χ1v) is 12.2. The van der Waals surface area contributed by atoms with Gasteiger partial charge in [0, 0.05) is 10.6 Å². The minimum Gasteiger partial charge on any atom is -0.494 e. The number of halogens is 1. The maximum Gasteiger partial charge on any atom is 0.263 e. The minimum atomic E-state index is -0.220. The largest absolute Gasteiger partial charge is 0.494 e. The number of benzene rings is 2. The number of carbonyl (C=O) groups excluding carboxylic acids is 1. The molecule has 2 aromatic carbocycles. The number of ether oxygens (including phenoxy) is 3. The van der Waals surface area contributed by atoms with Crippen LogP contribution in [0.1, 0.15) is 38.2 Å². The summed E-state index contributed by atoms with van der Waals surface area (Å²) in [6.07, 6.45) is 6.46. The predicted octanol–water partition coefficient (Wildman–Crippen LogP) is 6.25. The summed E-state index contributed by atoms with van der Waals surface area (Å²) in [6.45, 7) is 3.64. The van der Waals surface area contributed by atoms with Crippen molar-refractivity contribution in [2.24, 2.45) is 0 Å². The molecule has 1 heterocycles. The summed E-state index contributed by atoms with van der Waals surface area (Å²) >= 11 is 12.4. The standard InChI is InChI=1S/C24H26ClNO4S2/c1-2-3-4-5-12-28-19-7-9-20(10-8-19)29-13-14-30-21-11-6-18(25)15-17(21)16-22-23(27)26-24(31)32-22/h6-11,15-16H,2-5,12-14H2,1H3,(H,26,27,31)/b22-16-. The van der Waals surface area contributed by atoms with E-state index in [1.54, 1.807) is 24.3 Å². The minimum absolute atomic E-state index is 0.220. The van der Waals surface area contributed by atoms with Crippen LogP contribution in [0.3, 0.4) is 0 Å². The van der Waals surface area contributed by atoms with Crippen LogP contribution in [0, 0.1) is 0 Å². The fourth-order valence-electron chi connectivity index (χ4n) is 2.99. The molecule has 32 heavy (non-hydrogen) atoms. The predicted molar refractivity (Wildman–Crippen MR) is 135 cm³/mol. The number of rotatable bonds is 12. The van der Waals surface area contributed by atoms with Crippen LogP contribution in [0.2, 0.25) is 5.02 Å². The molecule has 0 unspecified atom stereocenters. The van der Waals surface area contributed by atoms with Crippen LogP contribution in [-0.2, 0) is 4.79 Å². The molecule has 170 valence electrons. The molecule has 0 bridgehead atoms. The van der Waals surface area contributed by atoms with E-state index in [9.17, 15) is 4.79 Å². The van der Waals surface area contributed by atoms with E-state index in [4.69, 9.17) is 38.0 Å². The molecular formula is C24H26ClNO4S2. The Morgan fingerprint density at radius 2 is 1.66 bits per heavy atom. The van der Waals surface area contributed by atoms with E-state index in [2.05, 4.69) is 12.2 Å². The maximum absolute atomic E-state index is 11.9. The molecule has 0 aliphatic carbocycles. The molecule has 8 heteroatoms. The van der Waals surface area contributed by atoms with Crippen molar-refractivity contribution in [1.82, 2.24) is 5.32 Å². The van der Waals surface area contributed by atoms with Gasteiger partial charge in [-0.1, -0.05) is 61.8 Å². The Labute approximate surface area is 203 Å². The summed E-state index contributed by atoms with van der Waals surface area (Å²) < 4.78 is 17.8. The molecule has 0 radical (unpaired) electrons. The lowest BCUT2D eigenvalue weighted by Crippen LogP contribution is -2.17. The first kappa shape index (κ1) is 24.4. The number of nitrogens with one attached hydrogen (secondary N) is 1. The summed E-state index contributed by atoms with van der Waals surface area (Å²) in [4.78, 5) is 12.4. The molecule has 1 aliphatic heterocycles. The fourth-order valence-corrected chi connectivity index (χ4v) is 4.20. The molecule has 0 spiro atoms. The Balaban J connectivity index is 1.47. The Morgan fingerprint density at radius 1 is 0.969 bits per heavy atom. The molecule has 0 saturated carbocycles. The molecular weight excluding hydrogens is 466 g/mol. The number of thiocarbonyl (C=S) groups is 1. The molecule has 3 rings (SSSR count). The molecule has 2 aromatic rings. The molecule has 1 amide bonds. The smallest absolute Gasteiger partial charge is 0.263 e. The van der Waals surface area contributed by atoms with E-state index in [0.29, 0.717) is 38.8 Å². The first-order valence-electron chi connectivity index (χ1n) is 10.6. The normalized spacial score (nSPS) is 14.5. The monoisotopic (exact) mass is 491 g/mol. The highest BCUT2D eigenvalue weighted by Gasteiger charge is 2.22. The van der Waals surface area contributed by atoms with Gasteiger partial charge >= 0.3 is 0 Å². The third kappa shape index (κ3) is 7.73. The number of thioether (sulfide) groups is 1. The summed E-state index contributed by atoms with van der Waals surface area (Å²) in [7, 11) is 0. The van der Waals surface area contributed by atoms with Crippen molar-refractivity contribution >= 4 is 51.9 Å². The second-order valence-electron chi connectivity index (χ2n) is 7.11. The van der Waals surface area contributed by atoms with Crippen LogP contribution < -0.4 is 19.5 Å². The number of unbranched alkanes of at least 4 members (excludes halogenated alkanes) is 3. The van der Waals surface area contributed by atoms with Gasteiger partial charge in [-0.3, -0.25) is 4.79 Å². The van der Waals surface area contributed by atoms with E-state index >= 15 is 0 Å². The lowest BCUT2D eigenvalue weighted by atomic mass is 10.2. The van der Waals surface area contributed by atoms with Crippen molar-refractivity contribution in [1.29, 1.82) is 0 Å². The molecule has 1 aliphatic rings. The maximum atomic E-state index is 11.9. The van der Waals surface area contributed by atoms with Gasteiger partial charge in [-0.2, -0.15) is 0 Å². The van der Waals surface area contributed by atoms with Crippen LogP contribution in [0.5, 0.6) is 17.2 Å². The molecule has 0 aromatic heterocycles. The zero-order chi connectivity index (χ0) is 22.8. The molecule has 1 N–H and O–H groups in total. The van der Waals surface area contributed by atoms with Crippen molar-refractivity contribution in [2.45, 2.75) is 32.6 Å². The third-order valence-corrected chi connectivity index (χ3v) is 6.00. The third-order valence-electron chi connectivity index (χ3n) is 4.60. The fraction of sp³-hybridized carbons (Fsp3) is 0.333. The summed E-state index contributed by atoms with van der Waals surface area (Å²) in [5, 5.41) is 3.15. The van der Waals surface area contributed by atoms with Crippen LogP contribution >= 0.6 is 35.6 Å². The van der Waals surface area contributed by atoms with Gasteiger partial charge in [-0.25, -0.2) is 0 Å². The number of hydrogen-bond acceptors (Lipinski definition) is 6. The highest BCUT2D eigenvalue weighted by Crippen LogP contribution is 2.31. The van der Waals surface area contributed by atoms with E-state index in [0.717, 1.165) is 24.5 Å². The van der Waals surface area contributed by atoms with Gasteiger partial charge in [0.1, 0.15) is 34.8 Å². The second-order valence-corrected chi connectivity index (χ2v) is 9.27. The topological polar surface area (TPSA) is 56.8 Å². The Morgan fingerprint density at radius 3 is 2.31 bits per heavy atom. The zero-order valence-electron chi connectivity index (χ0n) is 17.9. The molecule has 1 saturated heterocycles. The van der Waals surface area contributed by atoms with Crippen LogP contribution in [0.4, 0.5) is 0 Å². The van der Waals surface area contributed by atoms with Gasteiger partial charge in [0.25, 0.3) is 5.91 Å². The van der Waals surface area contributed by atoms with Crippen molar-refractivity contribution in [3.8, 4) is 17.2 Å². The van der Waals surface area contributed by atoms with Gasteiger partial charge in [0.15, 0.2) is 0 Å². The number of amides is 1. The van der Waals surface area contributed by atoms with Crippen LogP contribution in [0.15, 0.2) is 47.4 Å². The lowest BCUT2D eigenvalue weighted by molar-refractivity contribution is -0.115. The van der Waals surface area contributed by atoms with Crippen LogP contribution in [-0.4, -0.2) is 30.0 Å². The van der Waals surface area contributed by atoms with Crippen molar-refractivity contribution < 1.29 is 19.0 Å². The summed E-state index contributed by atoms with van der Waals surface area (Å²) in [5.74, 6) is 1.99.